The lowest BCUT2D eigenvalue weighted by Gasteiger charge is -2.06. The maximum absolute atomic E-state index is 12.1. The molecular formula is C14H15BrN2O3. The van der Waals surface area contributed by atoms with Crippen LogP contribution in [0.4, 0.5) is 5.69 Å². The number of hydrogen-bond acceptors (Lipinski definition) is 3. The Labute approximate surface area is 124 Å². The van der Waals surface area contributed by atoms with Gasteiger partial charge in [-0.15, -0.1) is 0 Å². The Bertz CT molecular complexity index is 716. The molecule has 0 atom stereocenters. The first-order chi connectivity index (χ1) is 9.42. The van der Waals surface area contributed by atoms with Crippen molar-refractivity contribution in [2.75, 3.05) is 5.32 Å². The summed E-state index contributed by atoms with van der Waals surface area (Å²) in [5, 5.41) is 2.58. The zero-order valence-corrected chi connectivity index (χ0v) is 13.1. The van der Waals surface area contributed by atoms with Crippen molar-refractivity contribution in [2.24, 2.45) is 7.05 Å². The number of furan rings is 1. The van der Waals surface area contributed by atoms with Gasteiger partial charge in [0.25, 0.3) is 5.91 Å². The number of amides is 1. The van der Waals surface area contributed by atoms with E-state index in [0.717, 1.165) is 17.7 Å². The predicted molar refractivity (Wildman–Crippen MR) is 80.2 cm³/mol. The highest BCUT2D eigenvalue weighted by atomic mass is 79.9. The molecule has 1 N–H and O–H groups in total. The van der Waals surface area contributed by atoms with Crippen molar-refractivity contribution in [3.8, 4) is 0 Å². The van der Waals surface area contributed by atoms with Crippen LogP contribution in [-0.4, -0.2) is 10.5 Å². The fourth-order valence-corrected chi connectivity index (χ4v) is 2.46. The van der Waals surface area contributed by atoms with E-state index < -0.39 is 5.91 Å². The number of anilines is 1. The lowest BCUT2D eigenvalue weighted by molar-refractivity contribution is 0.0995. The topological polar surface area (TPSA) is 64.2 Å². The second-order valence-corrected chi connectivity index (χ2v) is 5.39. The molecule has 0 radical (unpaired) electrons. The van der Waals surface area contributed by atoms with Crippen molar-refractivity contribution >= 4 is 27.5 Å². The van der Waals surface area contributed by atoms with Crippen LogP contribution in [0, 0.1) is 6.92 Å². The summed E-state index contributed by atoms with van der Waals surface area (Å²) in [6.45, 7) is 3.84. The molecule has 0 aromatic carbocycles. The van der Waals surface area contributed by atoms with E-state index in [4.69, 9.17) is 4.42 Å². The number of nitrogens with one attached hydrogen (secondary N) is 1. The monoisotopic (exact) mass is 338 g/mol. The van der Waals surface area contributed by atoms with E-state index in [1.165, 1.54) is 0 Å². The molecule has 0 bridgehead atoms. The molecule has 2 rings (SSSR count). The summed E-state index contributed by atoms with van der Waals surface area (Å²) >= 11 is 3.16. The minimum atomic E-state index is -0.428. The molecule has 0 aliphatic carbocycles. The Morgan fingerprint density at radius 3 is 2.75 bits per heavy atom. The number of aryl methyl sites for hydroxylation is 3. The van der Waals surface area contributed by atoms with E-state index >= 15 is 0 Å². The van der Waals surface area contributed by atoms with Crippen LogP contribution in [0.25, 0.3) is 0 Å². The number of pyridine rings is 1. The van der Waals surface area contributed by atoms with Crippen LogP contribution >= 0.6 is 15.9 Å². The molecule has 5 nitrogen and oxygen atoms in total. The molecule has 0 spiro atoms. The number of hydrogen-bond donors (Lipinski definition) is 1. The first kappa shape index (κ1) is 14.6. The Balaban J connectivity index is 2.30. The van der Waals surface area contributed by atoms with Gasteiger partial charge in [-0.05, 0) is 34.5 Å². The summed E-state index contributed by atoms with van der Waals surface area (Å²) in [5.74, 6) is 0.557. The van der Waals surface area contributed by atoms with Gasteiger partial charge in [0.1, 0.15) is 11.4 Å². The molecule has 20 heavy (non-hydrogen) atoms. The Morgan fingerprint density at radius 2 is 2.15 bits per heavy atom. The maximum atomic E-state index is 12.1. The highest BCUT2D eigenvalue weighted by molar-refractivity contribution is 9.10. The van der Waals surface area contributed by atoms with Gasteiger partial charge >= 0.3 is 0 Å². The standard InChI is InChI=1S/C14H15BrN2O3/c1-4-11-8(2)5-12(20-11)14(19)16-10-7-17(3)6-9(15)13(10)18/h5-7H,4H2,1-3H3,(H,16,19). The van der Waals surface area contributed by atoms with Gasteiger partial charge in [0.2, 0.25) is 5.43 Å². The van der Waals surface area contributed by atoms with Gasteiger partial charge in [-0.3, -0.25) is 9.59 Å². The number of carbonyl (C=O) groups is 1. The van der Waals surface area contributed by atoms with Gasteiger partial charge in [0.15, 0.2) is 5.76 Å². The van der Waals surface area contributed by atoms with Gasteiger partial charge < -0.3 is 14.3 Å². The van der Waals surface area contributed by atoms with Crippen LogP contribution in [-0.2, 0) is 13.5 Å². The molecule has 0 unspecified atom stereocenters. The van der Waals surface area contributed by atoms with E-state index in [-0.39, 0.29) is 16.9 Å². The smallest absolute Gasteiger partial charge is 0.291 e. The predicted octanol–water partition coefficient (Wildman–Crippen LogP) is 2.86. The van der Waals surface area contributed by atoms with Crippen LogP contribution in [0.5, 0.6) is 0 Å². The van der Waals surface area contributed by atoms with Crippen LogP contribution in [0.2, 0.25) is 0 Å². The van der Waals surface area contributed by atoms with Crippen LogP contribution < -0.4 is 10.7 Å². The summed E-state index contributed by atoms with van der Waals surface area (Å²) in [5.41, 5.74) is 0.870. The second kappa shape index (κ2) is 5.66. The fourth-order valence-electron chi connectivity index (χ4n) is 1.92. The summed E-state index contributed by atoms with van der Waals surface area (Å²) in [4.78, 5) is 24.0. The van der Waals surface area contributed by atoms with E-state index in [2.05, 4.69) is 21.2 Å². The quantitative estimate of drug-likeness (QED) is 0.935. The van der Waals surface area contributed by atoms with Crippen molar-refractivity contribution < 1.29 is 9.21 Å². The zero-order valence-electron chi connectivity index (χ0n) is 11.5. The number of carbonyl (C=O) groups excluding carboxylic acids is 1. The van der Waals surface area contributed by atoms with Crippen molar-refractivity contribution in [3.63, 3.8) is 0 Å². The third kappa shape index (κ3) is 2.85. The molecule has 2 aromatic rings. The molecule has 2 heterocycles. The van der Waals surface area contributed by atoms with Gasteiger partial charge in [-0.25, -0.2) is 0 Å². The maximum Gasteiger partial charge on any atom is 0.291 e. The van der Waals surface area contributed by atoms with Crippen molar-refractivity contribution in [3.05, 3.63) is 50.2 Å². The third-order valence-electron chi connectivity index (χ3n) is 2.92. The number of nitrogens with zero attached hydrogens (tertiary/aromatic N) is 1. The highest BCUT2D eigenvalue weighted by Crippen LogP contribution is 2.16. The normalized spacial score (nSPS) is 10.6. The second-order valence-electron chi connectivity index (χ2n) is 4.54. The highest BCUT2D eigenvalue weighted by Gasteiger charge is 2.15. The SMILES string of the molecule is CCc1oc(C(=O)Nc2cn(C)cc(Br)c2=O)cc1C. The summed E-state index contributed by atoms with van der Waals surface area (Å²) < 4.78 is 7.54. The van der Waals surface area contributed by atoms with Gasteiger partial charge in [0, 0.05) is 25.9 Å². The number of halogens is 1. The average Bonchev–Trinajstić information content (AvgIpc) is 2.76. The lowest BCUT2D eigenvalue weighted by atomic mass is 10.2. The molecular weight excluding hydrogens is 324 g/mol. The molecule has 6 heteroatoms. The molecule has 1 amide bonds. The average molecular weight is 339 g/mol. The van der Waals surface area contributed by atoms with E-state index in [1.807, 2.05) is 13.8 Å². The molecule has 0 aliphatic rings. The molecule has 0 aliphatic heterocycles. The number of rotatable bonds is 3. The van der Waals surface area contributed by atoms with Gasteiger partial charge in [-0.1, -0.05) is 6.92 Å². The molecule has 0 fully saturated rings. The van der Waals surface area contributed by atoms with E-state index in [0.29, 0.717) is 4.47 Å². The van der Waals surface area contributed by atoms with Gasteiger partial charge in [-0.2, -0.15) is 0 Å². The fraction of sp³-hybridized carbons (Fsp3) is 0.286. The summed E-state index contributed by atoms with van der Waals surface area (Å²) in [6.07, 6.45) is 3.91. The zero-order chi connectivity index (χ0) is 14.9. The van der Waals surface area contributed by atoms with Gasteiger partial charge in [0.05, 0.1) is 4.47 Å². The molecule has 0 saturated heterocycles. The first-order valence-electron chi connectivity index (χ1n) is 6.18. The minimum Gasteiger partial charge on any atom is -0.456 e. The Kier molecular flexibility index (Phi) is 4.13. The van der Waals surface area contributed by atoms with Crippen molar-refractivity contribution in [1.29, 1.82) is 0 Å². The Morgan fingerprint density at radius 1 is 1.45 bits per heavy atom. The number of aromatic nitrogens is 1. The Hall–Kier alpha value is -1.82. The third-order valence-corrected chi connectivity index (χ3v) is 3.49. The van der Waals surface area contributed by atoms with E-state index in [1.54, 1.807) is 30.1 Å². The van der Waals surface area contributed by atoms with Crippen molar-refractivity contribution in [2.45, 2.75) is 20.3 Å². The van der Waals surface area contributed by atoms with Crippen LogP contribution in [0.3, 0.4) is 0 Å². The van der Waals surface area contributed by atoms with Crippen LogP contribution in [0.15, 0.2) is 32.1 Å². The van der Waals surface area contributed by atoms with E-state index in [9.17, 15) is 9.59 Å². The summed E-state index contributed by atoms with van der Waals surface area (Å²) in [7, 11) is 1.77. The van der Waals surface area contributed by atoms with Crippen LogP contribution in [0.1, 0.15) is 28.8 Å². The molecule has 2 aromatic heterocycles. The largest absolute Gasteiger partial charge is 0.456 e. The first-order valence-corrected chi connectivity index (χ1v) is 6.98. The molecule has 106 valence electrons. The minimum absolute atomic E-state index is 0.207. The van der Waals surface area contributed by atoms with Crippen molar-refractivity contribution in [1.82, 2.24) is 4.57 Å². The lowest BCUT2D eigenvalue weighted by Crippen LogP contribution is -2.19. The molecule has 0 saturated carbocycles. The summed E-state index contributed by atoms with van der Waals surface area (Å²) in [6, 6.07) is 1.68.